The van der Waals surface area contributed by atoms with E-state index in [1.165, 1.54) is 8.66 Å². The number of halogens is 1. The van der Waals surface area contributed by atoms with Crippen LogP contribution >= 0.6 is 39.0 Å². The van der Waals surface area contributed by atoms with Crippen LogP contribution in [0.15, 0.2) is 15.9 Å². The normalized spacial score (nSPS) is 15.4. The Morgan fingerprint density at radius 3 is 2.64 bits per heavy atom. The van der Waals surface area contributed by atoms with E-state index in [2.05, 4.69) is 41.9 Å². The number of thiophene rings is 1. The fraction of sp³-hybridized carbons (Fsp3) is 0.600. The van der Waals surface area contributed by atoms with Gasteiger partial charge in [-0.2, -0.15) is 11.8 Å². The average molecular weight is 294 g/mol. The van der Waals surface area contributed by atoms with Crippen LogP contribution in [0.1, 0.15) is 30.4 Å². The standard InChI is InChI=1S/C10H16BrNS2/c1-3-7(12)10(13-4-2)8-5-6-9(11)14-8/h5-7,10H,3-4,12H2,1-2H3. The maximum Gasteiger partial charge on any atom is 0.0701 e. The molecule has 0 aromatic carbocycles. The minimum absolute atomic E-state index is 0.269. The van der Waals surface area contributed by atoms with Crippen LogP contribution in [0, 0.1) is 0 Å². The molecular formula is C10H16BrNS2. The van der Waals surface area contributed by atoms with E-state index in [9.17, 15) is 0 Å². The second-order valence-corrected chi connectivity index (χ2v) is 7.00. The van der Waals surface area contributed by atoms with Crippen LogP contribution in [0.2, 0.25) is 0 Å². The summed E-state index contributed by atoms with van der Waals surface area (Å²) in [6.45, 7) is 4.33. The summed E-state index contributed by atoms with van der Waals surface area (Å²) in [6, 6.07) is 4.55. The van der Waals surface area contributed by atoms with Crippen LogP contribution in [-0.2, 0) is 0 Å². The van der Waals surface area contributed by atoms with Crippen LogP contribution in [0.5, 0.6) is 0 Å². The second kappa shape index (κ2) is 6.16. The third-order valence-corrected chi connectivity index (χ3v) is 5.23. The van der Waals surface area contributed by atoms with Crippen molar-refractivity contribution in [3.63, 3.8) is 0 Å². The lowest BCUT2D eigenvalue weighted by Crippen LogP contribution is -2.25. The lowest BCUT2D eigenvalue weighted by Gasteiger charge is -2.20. The topological polar surface area (TPSA) is 26.0 Å². The molecule has 1 rings (SSSR count). The van der Waals surface area contributed by atoms with Crippen molar-refractivity contribution in [1.29, 1.82) is 0 Å². The first-order valence-corrected chi connectivity index (χ1v) is 7.47. The van der Waals surface area contributed by atoms with Gasteiger partial charge in [0.25, 0.3) is 0 Å². The van der Waals surface area contributed by atoms with Gasteiger partial charge in [-0.25, -0.2) is 0 Å². The molecule has 2 N–H and O–H groups in total. The SMILES string of the molecule is CCSC(c1ccc(Br)s1)C(N)CC. The van der Waals surface area contributed by atoms with Crippen LogP contribution in [0.3, 0.4) is 0 Å². The number of nitrogens with two attached hydrogens (primary N) is 1. The summed E-state index contributed by atoms with van der Waals surface area (Å²) in [4.78, 5) is 1.39. The summed E-state index contributed by atoms with van der Waals surface area (Å²) in [5.74, 6) is 1.12. The van der Waals surface area contributed by atoms with E-state index in [0.717, 1.165) is 12.2 Å². The fourth-order valence-electron chi connectivity index (χ4n) is 1.29. The molecule has 0 bridgehead atoms. The third-order valence-electron chi connectivity index (χ3n) is 2.08. The molecule has 4 heteroatoms. The zero-order valence-corrected chi connectivity index (χ0v) is 11.7. The first kappa shape index (κ1) is 12.6. The third kappa shape index (κ3) is 3.26. The minimum atomic E-state index is 0.269. The Morgan fingerprint density at radius 2 is 2.21 bits per heavy atom. The maximum atomic E-state index is 6.12. The molecule has 0 saturated carbocycles. The lowest BCUT2D eigenvalue weighted by molar-refractivity contribution is 0.640. The van der Waals surface area contributed by atoms with Crippen molar-refractivity contribution in [2.45, 2.75) is 31.6 Å². The van der Waals surface area contributed by atoms with Gasteiger partial charge in [0.1, 0.15) is 0 Å². The number of hydrogen-bond donors (Lipinski definition) is 1. The van der Waals surface area contributed by atoms with Crippen LogP contribution in [0.4, 0.5) is 0 Å². The molecule has 0 aliphatic carbocycles. The predicted octanol–water partition coefficient (Wildman–Crippen LogP) is 4.04. The molecule has 0 saturated heterocycles. The maximum absolute atomic E-state index is 6.12. The average Bonchev–Trinajstić information content (AvgIpc) is 2.60. The van der Waals surface area contributed by atoms with E-state index in [0.29, 0.717) is 5.25 Å². The Bertz CT molecular complexity index is 275. The lowest BCUT2D eigenvalue weighted by atomic mass is 10.1. The van der Waals surface area contributed by atoms with Gasteiger partial charge in [-0.3, -0.25) is 0 Å². The van der Waals surface area contributed by atoms with E-state index in [1.54, 1.807) is 11.3 Å². The van der Waals surface area contributed by atoms with Gasteiger partial charge in [0.05, 0.1) is 9.04 Å². The zero-order valence-electron chi connectivity index (χ0n) is 8.50. The predicted molar refractivity (Wildman–Crippen MR) is 71.2 cm³/mol. The Morgan fingerprint density at radius 1 is 1.50 bits per heavy atom. The molecule has 1 aromatic rings. The molecule has 1 nitrogen and oxygen atoms in total. The summed E-state index contributed by atoms with van der Waals surface area (Å²) in [6.07, 6.45) is 1.03. The molecule has 0 amide bonds. The van der Waals surface area contributed by atoms with Gasteiger partial charge in [-0.05, 0) is 40.2 Å². The monoisotopic (exact) mass is 293 g/mol. The van der Waals surface area contributed by atoms with Crippen molar-refractivity contribution in [1.82, 2.24) is 0 Å². The zero-order chi connectivity index (χ0) is 10.6. The number of thioether (sulfide) groups is 1. The van der Waals surface area contributed by atoms with Gasteiger partial charge in [0.2, 0.25) is 0 Å². The van der Waals surface area contributed by atoms with E-state index in [-0.39, 0.29) is 6.04 Å². The Balaban J connectivity index is 2.76. The minimum Gasteiger partial charge on any atom is -0.326 e. The summed E-state index contributed by atoms with van der Waals surface area (Å²) in [5, 5.41) is 0.460. The van der Waals surface area contributed by atoms with Crippen LogP contribution in [0.25, 0.3) is 0 Å². The van der Waals surface area contributed by atoms with Crippen LogP contribution in [-0.4, -0.2) is 11.8 Å². The molecule has 2 atom stereocenters. The number of hydrogen-bond acceptors (Lipinski definition) is 3. The molecule has 0 spiro atoms. The summed E-state index contributed by atoms with van der Waals surface area (Å²) >= 11 is 7.23. The largest absolute Gasteiger partial charge is 0.326 e. The van der Waals surface area contributed by atoms with Crippen molar-refractivity contribution >= 4 is 39.0 Å². The first-order valence-electron chi connectivity index (χ1n) is 4.81. The molecular weight excluding hydrogens is 278 g/mol. The van der Waals surface area contributed by atoms with Gasteiger partial charge >= 0.3 is 0 Å². The first-order chi connectivity index (χ1) is 6.69. The molecule has 14 heavy (non-hydrogen) atoms. The molecule has 0 fully saturated rings. The Hall–Kier alpha value is 0.490. The van der Waals surface area contributed by atoms with Crippen molar-refractivity contribution in [3.05, 3.63) is 20.8 Å². The molecule has 0 radical (unpaired) electrons. The van der Waals surface area contributed by atoms with Gasteiger partial charge in [0.15, 0.2) is 0 Å². The molecule has 80 valence electrons. The van der Waals surface area contributed by atoms with Gasteiger partial charge in [-0.1, -0.05) is 13.8 Å². The highest BCUT2D eigenvalue weighted by atomic mass is 79.9. The fourth-order valence-corrected chi connectivity index (χ4v) is 4.16. The highest BCUT2D eigenvalue weighted by Crippen LogP contribution is 2.37. The van der Waals surface area contributed by atoms with Crippen molar-refractivity contribution < 1.29 is 0 Å². The van der Waals surface area contributed by atoms with Crippen molar-refractivity contribution in [2.24, 2.45) is 5.73 Å². The van der Waals surface area contributed by atoms with E-state index in [4.69, 9.17) is 5.73 Å². The molecule has 1 aromatic heterocycles. The Kier molecular flexibility index (Phi) is 5.52. The van der Waals surface area contributed by atoms with Gasteiger partial charge in [-0.15, -0.1) is 11.3 Å². The molecule has 1 heterocycles. The van der Waals surface area contributed by atoms with Crippen molar-refractivity contribution in [3.8, 4) is 0 Å². The smallest absolute Gasteiger partial charge is 0.0701 e. The summed E-state index contributed by atoms with van der Waals surface area (Å²) < 4.78 is 1.19. The molecule has 2 unspecified atom stereocenters. The summed E-state index contributed by atoms with van der Waals surface area (Å²) in [5.41, 5.74) is 6.12. The van der Waals surface area contributed by atoms with E-state index in [1.807, 2.05) is 11.8 Å². The molecule has 0 aliphatic rings. The quantitative estimate of drug-likeness (QED) is 0.887. The van der Waals surface area contributed by atoms with Crippen molar-refractivity contribution in [2.75, 3.05) is 5.75 Å². The second-order valence-electron chi connectivity index (χ2n) is 3.09. The highest BCUT2D eigenvalue weighted by molar-refractivity contribution is 9.11. The molecule has 0 aliphatic heterocycles. The summed E-state index contributed by atoms with van der Waals surface area (Å²) in [7, 11) is 0. The van der Waals surface area contributed by atoms with Gasteiger partial charge < -0.3 is 5.73 Å². The van der Waals surface area contributed by atoms with E-state index >= 15 is 0 Å². The van der Waals surface area contributed by atoms with E-state index < -0.39 is 0 Å². The van der Waals surface area contributed by atoms with Crippen LogP contribution < -0.4 is 5.73 Å². The van der Waals surface area contributed by atoms with Gasteiger partial charge in [0, 0.05) is 10.9 Å². The Labute approximate surface area is 103 Å². The number of rotatable bonds is 5. The highest BCUT2D eigenvalue weighted by Gasteiger charge is 2.19.